The van der Waals surface area contributed by atoms with Crippen LogP contribution in [0.5, 0.6) is 0 Å². The van der Waals surface area contributed by atoms with E-state index in [2.05, 4.69) is 10.4 Å². The minimum Gasteiger partial charge on any atom is -0.372 e. The van der Waals surface area contributed by atoms with Gasteiger partial charge in [0, 0.05) is 24.7 Å². The molecule has 0 aliphatic carbocycles. The molecule has 1 amide bonds. The minimum absolute atomic E-state index is 0.0843. The second-order valence-electron chi connectivity index (χ2n) is 3.30. The van der Waals surface area contributed by atoms with Crippen molar-refractivity contribution in [1.29, 1.82) is 0 Å². The van der Waals surface area contributed by atoms with E-state index in [1.807, 2.05) is 19.1 Å². The lowest BCUT2D eigenvalue weighted by Crippen LogP contribution is -2.18. The van der Waals surface area contributed by atoms with Crippen LogP contribution in [-0.2, 0) is 9.53 Å². The van der Waals surface area contributed by atoms with Crippen molar-refractivity contribution >= 4 is 17.1 Å². The van der Waals surface area contributed by atoms with Crippen molar-refractivity contribution in [3.63, 3.8) is 0 Å². The molecule has 0 unspecified atom stereocenters. The summed E-state index contributed by atoms with van der Waals surface area (Å²) in [5.74, 6) is -0.147. The van der Waals surface area contributed by atoms with Gasteiger partial charge in [0.2, 0.25) is 5.91 Å². The summed E-state index contributed by atoms with van der Waals surface area (Å²) < 4.78 is 6.74. The highest BCUT2D eigenvalue weighted by Crippen LogP contribution is 2.10. The smallest absolute Gasteiger partial charge is 0.250 e. The van der Waals surface area contributed by atoms with E-state index in [-0.39, 0.29) is 12.5 Å². The molecule has 84 valence electrons. The maximum atomic E-state index is 11.4. The van der Waals surface area contributed by atoms with Gasteiger partial charge in [0.25, 0.3) is 0 Å². The third kappa shape index (κ3) is 2.38. The Labute approximate surface area is 93.0 Å². The number of pyridine rings is 1. The fraction of sp³-hybridized carbons (Fsp3) is 0.273. The predicted molar refractivity (Wildman–Crippen MR) is 60.3 cm³/mol. The largest absolute Gasteiger partial charge is 0.372 e. The molecule has 0 fully saturated rings. The van der Waals surface area contributed by atoms with E-state index in [9.17, 15) is 4.79 Å². The maximum Gasteiger partial charge on any atom is 0.250 e. The Bertz CT molecular complexity index is 493. The molecule has 0 spiro atoms. The Morgan fingerprint density at radius 3 is 3.25 bits per heavy atom. The van der Waals surface area contributed by atoms with Crippen LogP contribution in [0.4, 0.5) is 5.69 Å². The fourth-order valence-electron chi connectivity index (χ4n) is 1.39. The van der Waals surface area contributed by atoms with Crippen molar-refractivity contribution in [3.8, 4) is 0 Å². The molecule has 0 saturated heterocycles. The molecular formula is C11H13N3O2. The summed E-state index contributed by atoms with van der Waals surface area (Å²) in [4.78, 5) is 11.4. The third-order valence-electron chi connectivity index (χ3n) is 2.12. The number of anilines is 1. The summed E-state index contributed by atoms with van der Waals surface area (Å²) in [6.45, 7) is 2.47. The molecular weight excluding hydrogens is 206 g/mol. The molecule has 0 aromatic carbocycles. The van der Waals surface area contributed by atoms with Crippen molar-refractivity contribution in [3.05, 3.63) is 30.6 Å². The van der Waals surface area contributed by atoms with E-state index in [0.717, 1.165) is 11.2 Å². The normalized spacial score (nSPS) is 10.6. The highest BCUT2D eigenvalue weighted by atomic mass is 16.5. The van der Waals surface area contributed by atoms with Crippen LogP contribution in [0.25, 0.3) is 5.52 Å². The van der Waals surface area contributed by atoms with E-state index in [1.165, 1.54) is 0 Å². The van der Waals surface area contributed by atoms with Gasteiger partial charge in [0.1, 0.15) is 6.61 Å². The number of nitrogens with one attached hydrogen (secondary N) is 1. The zero-order valence-electron chi connectivity index (χ0n) is 9.01. The van der Waals surface area contributed by atoms with E-state index in [4.69, 9.17) is 4.74 Å². The molecule has 0 aliphatic heterocycles. The van der Waals surface area contributed by atoms with Gasteiger partial charge < -0.3 is 10.1 Å². The molecule has 5 nitrogen and oxygen atoms in total. The van der Waals surface area contributed by atoms with Crippen LogP contribution in [0, 0.1) is 0 Å². The Hall–Kier alpha value is -1.88. The Balaban J connectivity index is 2.06. The van der Waals surface area contributed by atoms with Crippen LogP contribution in [0.1, 0.15) is 6.92 Å². The number of nitrogens with zero attached hydrogens (tertiary/aromatic N) is 2. The van der Waals surface area contributed by atoms with Gasteiger partial charge in [-0.05, 0) is 25.1 Å². The molecule has 5 heteroatoms. The molecule has 16 heavy (non-hydrogen) atoms. The lowest BCUT2D eigenvalue weighted by Gasteiger charge is -2.05. The number of aromatic nitrogens is 2. The van der Waals surface area contributed by atoms with Gasteiger partial charge >= 0.3 is 0 Å². The molecule has 2 rings (SSSR count). The molecule has 2 aromatic rings. The number of carbonyl (C=O) groups excluding carboxylic acids is 1. The number of hydrogen-bond acceptors (Lipinski definition) is 3. The molecule has 0 saturated carbocycles. The number of hydrogen-bond donors (Lipinski definition) is 1. The highest BCUT2D eigenvalue weighted by molar-refractivity contribution is 5.92. The molecule has 0 radical (unpaired) electrons. The second kappa shape index (κ2) is 4.76. The first-order chi connectivity index (χ1) is 7.79. The highest BCUT2D eigenvalue weighted by Gasteiger charge is 2.02. The first-order valence-corrected chi connectivity index (χ1v) is 5.10. The van der Waals surface area contributed by atoms with Gasteiger partial charge in [-0.25, -0.2) is 4.52 Å². The fourth-order valence-corrected chi connectivity index (χ4v) is 1.39. The minimum atomic E-state index is -0.147. The van der Waals surface area contributed by atoms with Gasteiger partial charge in [-0.3, -0.25) is 4.79 Å². The molecule has 2 aromatic heterocycles. The summed E-state index contributed by atoms with van der Waals surface area (Å²) in [6, 6.07) is 5.53. The van der Waals surface area contributed by atoms with E-state index in [1.54, 1.807) is 23.0 Å². The number of fused-ring (bicyclic) bond motifs is 1. The number of carbonyl (C=O) groups is 1. The van der Waals surface area contributed by atoms with Crippen LogP contribution in [0.3, 0.4) is 0 Å². The standard InChI is InChI=1S/C11H13N3O2/c1-2-16-8-11(15)13-9-4-6-14-10(7-9)3-5-12-14/h3-7H,2,8H2,1H3,(H,13,15). The number of amides is 1. The van der Waals surface area contributed by atoms with Gasteiger partial charge in [0.05, 0.1) is 5.52 Å². The number of rotatable bonds is 4. The lowest BCUT2D eigenvalue weighted by molar-refractivity contribution is -0.120. The molecule has 0 aliphatic rings. The Morgan fingerprint density at radius 2 is 2.44 bits per heavy atom. The molecule has 2 heterocycles. The van der Waals surface area contributed by atoms with Crippen LogP contribution >= 0.6 is 0 Å². The van der Waals surface area contributed by atoms with Gasteiger partial charge in [-0.1, -0.05) is 0 Å². The second-order valence-corrected chi connectivity index (χ2v) is 3.30. The quantitative estimate of drug-likeness (QED) is 0.843. The summed E-state index contributed by atoms with van der Waals surface area (Å²) in [5, 5.41) is 6.82. The molecule has 0 bridgehead atoms. The zero-order chi connectivity index (χ0) is 11.4. The lowest BCUT2D eigenvalue weighted by atomic mass is 10.3. The maximum absolute atomic E-state index is 11.4. The van der Waals surface area contributed by atoms with Gasteiger partial charge in [-0.15, -0.1) is 0 Å². The SMILES string of the molecule is CCOCC(=O)Nc1ccn2nccc2c1. The third-order valence-corrected chi connectivity index (χ3v) is 2.12. The van der Waals surface area contributed by atoms with Crippen molar-refractivity contribution < 1.29 is 9.53 Å². The van der Waals surface area contributed by atoms with Crippen LogP contribution < -0.4 is 5.32 Å². The average molecular weight is 219 g/mol. The zero-order valence-corrected chi connectivity index (χ0v) is 9.01. The van der Waals surface area contributed by atoms with Gasteiger partial charge in [0.15, 0.2) is 0 Å². The predicted octanol–water partition coefficient (Wildman–Crippen LogP) is 1.31. The van der Waals surface area contributed by atoms with Crippen LogP contribution in [0.15, 0.2) is 30.6 Å². The van der Waals surface area contributed by atoms with Crippen molar-refractivity contribution in [2.75, 3.05) is 18.5 Å². The summed E-state index contributed by atoms with van der Waals surface area (Å²) in [5.41, 5.74) is 1.69. The van der Waals surface area contributed by atoms with Crippen LogP contribution in [0.2, 0.25) is 0 Å². The number of ether oxygens (including phenoxy) is 1. The van der Waals surface area contributed by atoms with Crippen molar-refractivity contribution in [2.45, 2.75) is 6.92 Å². The molecule has 0 atom stereocenters. The average Bonchev–Trinajstić information content (AvgIpc) is 2.73. The topological polar surface area (TPSA) is 55.6 Å². The van der Waals surface area contributed by atoms with E-state index >= 15 is 0 Å². The Morgan fingerprint density at radius 1 is 1.56 bits per heavy atom. The van der Waals surface area contributed by atoms with Crippen molar-refractivity contribution in [2.24, 2.45) is 0 Å². The van der Waals surface area contributed by atoms with E-state index in [0.29, 0.717) is 6.61 Å². The van der Waals surface area contributed by atoms with Gasteiger partial charge in [-0.2, -0.15) is 5.10 Å². The summed E-state index contributed by atoms with van der Waals surface area (Å²) in [7, 11) is 0. The monoisotopic (exact) mass is 219 g/mol. The Kier molecular flexibility index (Phi) is 3.16. The molecule has 1 N–H and O–H groups in total. The van der Waals surface area contributed by atoms with E-state index < -0.39 is 0 Å². The van der Waals surface area contributed by atoms with Crippen molar-refractivity contribution in [1.82, 2.24) is 9.61 Å². The first kappa shape index (κ1) is 10.6. The summed E-state index contributed by atoms with van der Waals surface area (Å²) >= 11 is 0. The first-order valence-electron chi connectivity index (χ1n) is 5.10. The van der Waals surface area contributed by atoms with Crippen LogP contribution in [-0.4, -0.2) is 28.7 Å². The summed E-state index contributed by atoms with van der Waals surface area (Å²) in [6.07, 6.45) is 3.51.